The number of rotatable bonds is 1. The van der Waals surface area contributed by atoms with E-state index in [-0.39, 0.29) is 0 Å². The molecule has 0 bridgehead atoms. The fourth-order valence-corrected chi connectivity index (χ4v) is 3.94. The van der Waals surface area contributed by atoms with Gasteiger partial charge >= 0.3 is 0 Å². The van der Waals surface area contributed by atoms with Crippen LogP contribution in [-0.2, 0) is 0 Å². The molecule has 2 heterocycles. The van der Waals surface area contributed by atoms with Crippen molar-refractivity contribution in [1.82, 2.24) is 4.98 Å². The molecule has 0 atom stereocenters. The summed E-state index contributed by atoms with van der Waals surface area (Å²) in [6.45, 7) is 9.21. The molecule has 0 saturated heterocycles. The van der Waals surface area contributed by atoms with Crippen molar-refractivity contribution in [3.63, 3.8) is 0 Å². The summed E-state index contributed by atoms with van der Waals surface area (Å²) in [7, 11) is 0. The summed E-state index contributed by atoms with van der Waals surface area (Å²) in [4.78, 5) is 8.09. The molecule has 0 aliphatic rings. The van der Waals surface area contributed by atoms with Gasteiger partial charge in [-0.15, -0.1) is 11.3 Å². The number of fused-ring (bicyclic) bond motifs is 3. The highest BCUT2D eigenvalue weighted by Crippen LogP contribution is 2.40. The predicted octanol–water partition coefficient (Wildman–Crippen LogP) is 5.98. The van der Waals surface area contributed by atoms with Crippen LogP contribution in [0.2, 0.25) is 0 Å². The first-order valence-electron chi connectivity index (χ1n) is 7.02. The van der Waals surface area contributed by atoms with E-state index in [1.165, 1.54) is 15.5 Å². The monoisotopic (exact) mass is 300 g/mol. The second-order valence-electron chi connectivity index (χ2n) is 5.30. The van der Waals surface area contributed by atoms with E-state index in [1.807, 2.05) is 31.3 Å². The van der Waals surface area contributed by atoms with Gasteiger partial charge in [0.25, 0.3) is 0 Å². The third kappa shape index (κ3) is 1.97. The fourth-order valence-electron chi connectivity index (χ4n) is 2.69. The largest absolute Gasteiger partial charge is 0.256 e. The molecule has 0 amide bonds. The first kappa shape index (κ1) is 13.0. The summed E-state index contributed by atoms with van der Waals surface area (Å²) in [6, 6.07) is 16.4. The van der Waals surface area contributed by atoms with Gasteiger partial charge in [0, 0.05) is 26.5 Å². The van der Waals surface area contributed by atoms with Crippen LogP contribution >= 0.6 is 11.3 Å². The van der Waals surface area contributed by atoms with E-state index in [0.29, 0.717) is 5.69 Å². The van der Waals surface area contributed by atoms with Crippen molar-refractivity contribution < 1.29 is 0 Å². The molecule has 2 aromatic carbocycles. The van der Waals surface area contributed by atoms with Gasteiger partial charge in [0.1, 0.15) is 0 Å². The highest BCUT2D eigenvalue weighted by molar-refractivity contribution is 7.26. The second kappa shape index (κ2) is 4.94. The number of thiophene rings is 1. The smallest absolute Gasteiger partial charge is 0.188 e. The number of hydrogen-bond acceptors (Lipinski definition) is 2. The fraction of sp³-hybridized carbons (Fsp3) is 0.0526. The zero-order chi connectivity index (χ0) is 15.1. The summed E-state index contributed by atoms with van der Waals surface area (Å²) in [6.07, 6.45) is 1.90. The van der Waals surface area contributed by atoms with Crippen LogP contribution in [0.1, 0.15) is 5.56 Å². The maximum absolute atomic E-state index is 7.17. The minimum Gasteiger partial charge on any atom is -0.256 e. The molecule has 2 aromatic heterocycles. The minimum absolute atomic E-state index is 0.689. The Bertz CT molecular complexity index is 1040. The third-order valence-corrected chi connectivity index (χ3v) is 5.00. The normalized spacial score (nSPS) is 10.9. The molecule has 0 saturated carbocycles. The Labute approximate surface area is 132 Å². The molecular weight excluding hydrogens is 288 g/mol. The quantitative estimate of drug-likeness (QED) is 0.395. The molecule has 0 spiro atoms. The average Bonchev–Trinajstić information content (AvgIpc) is 2.93. The van der Waals surface area contributed by atoms with Crippen LogP contribution in [-0.4, -0.2) is 4.98 Å². The van der Waals surface area contributed by atoms with Crippen LogP contribution < -0.4 is 0 Å². The molecule has 4 rings (SSSR count). The molecule has 0 unspecified atom stereocenters. The topological polar surface area (TPSA) is 17.2 Å². The van der Waals surface area contributed by atoms with Gasteiger partial charge in [0.15, 0.2) is 5.69 Å². The van der Waals surface area contributed by atoms with Crippen molar-refractivity contribution in [1.29, 1.82) is 0 Å². The van der Waals surface area contributed by atoms with Crippen LogP contribution in [0.3, 0.4) is 0 Å². The van der Waals surface area contributed by atoms with Crippen molar-refractivity contribution in [3.8, 4) is 11.3 Å². The molecule has 2 nitrogen and oxygen atoms in total. The average molecular weight is 300 g/mol. The number of pyridine rings is 1. The van der Waals surface area contributed by atoms with Crippen molar-refractivity contribution in [2.24, 2.45) is 0 Å². The number of aromatic nitrogens is 1. The molecule has 4 aromatic rings. The number of hydrogen-bond donors (Lipinski definition) is 0. The van der Waals surface area contributed by atoms with Gasteiger partial charge < -0.3 is 0 Å². The van der Waals surface area contributed by atoms with Crippen LogP contribution in [0.15, 0.2) is 54.7 Å². The van der Waals surface area contributed by atoms with Crippen LogP contribution in [0.5, 0.6) is 0 Å². The van der Waals surface area contributed by atoms with Gasteiger partial charge in [0.2, 0.25) is 0 Å². The van der Waals surface area contributed by atoms with Crippen molar-refractivity contribution in [3.05, 3.63) is 71.7 Å². The zero-order valence-electron chi connectivity index (χ0n) is 12.0. The Balaban J connectivity index is 2.04. The van der Waals surface area contributed by atoms with Gasteiger partial charge in [-0.1, -0.05) is 36.4 Å². The van der Waals surface area contributed by atoms with E-state index in [0.717, 1.165) is 21.5 Å². The minimum atomic E-state index is 0.689. The molecule has 0 N–H and O–H groups in total. The Hall–Kier alpha value is -2.70. The van der Waals surface area contributed by atoms with E-state index in [1.54, 1.807) is 11.3 Å². The standard InChI is InChI=1S/C19H12N2S/c1-12-6-9-17(21-11-12)16-5-3-4-15-14-8-7-13(20-2)10-18(14)22-19(15)16/h3-11H,1H3. The lowest BCUT2D eigenvalue weighted by Gasteiger charge is -2.03. The van der Waals surface area contributed by atoms with Crippen LogP contribution in [0, 0.1) is 13.5 Å². The lowest BCUT2D eigenvalue weighted by atomic mass is 10.1. The molecule has 104 valence electrons. The lowest BCUT2D eigenvalue weighted by molar-refractivity contribution is 1.27. The van der Waals surface area contributed by atoms with Gasteiger partial charge in [-0.3, -0.25) is 4.98 Å². The molecule has 3 heteroatoms. The van der Waals surface area contributed by atoms with E-state index in [9.17, 15) is 0 Å². The summed E-state index contributed by atoms with van der Waals surface area (Å²) in [5, 5.41) is 2.44. The maximum Gasteiger partial charge on any atom is 0.188 e. The van der Waals surface area contributed by atoms with Gasteiger partial charge in [-0.25, -0.2) is 4.85 Å². The highest BCUT2D eigenvalue weighted by atomic mass is 32.1. The maximum atomic E-state index is 7.17. The molecular formula is C19H12N2S. The number of benzene rings is 2. The van der Waals surface area contributed by atoms with Gasteiger partial charge in [-0.2, -0.15) is 0 Å². The zero-order valence-corrected chi connectivity index (χ0v) is 12.8. The van der Waals surface area contributed by atoms with Crippen LogP contribution in [0.25, 0.3) is 36.3 Å². The number of nitrogens with zero attached hydrogens (tertiary/aromatic N) is 2. The van der Waals surface area contributed by atoms with E-state index < -0.39 is 0 Å². The summed E-state index contributed by atoms with van der Waals surface area (Å²) in [5.74, 6) is 0. The van der Waals surface area contributed by atoms with E-state index >= 15 is 0 Å². The Morgan fingerprint density at radius 1 is 1.05 bits per heavy atom. The van der Waals surface area contributed by atoms with Crippen LogP contribution in [0.4, 0.5) is 5.69 Å². The van der Waals surface area contributed by atoms with Gasteiger partial charge in [0.05, 0.1) is 12.3 Å². The second-order valence-corrected chi connectivity index (χ2v) is 6.35. The lowest BCUT2D eigenvalue weighted by Crippen LogP contribution is -1.83. The van der Waals surface area contributed by atoms with E-state index in [2.05, 4.69) is 40.2 Å². The first-order chi connectivity index (χ1) is 10.8. The SMILES string of the molecule is [C-]#[N+]c1ccc2c(c1)sc1c(-c3ccc(C)cn3)cccc12. The highest BCUT2D eigenvalue weighted by Gasteiger charge is 2.11. The summed E-state index contributed by atoms with van der Waals surface area (Å²) in [5.41, 5.74) is 4.00. The molecule has 0 aliphatic heterocycles. The predicted molar refractivity (Wildman–Crippen MR) is 93.6 cm³/mol. The summed E-state index contributed by atoms with van der Waals surface area (Å²) >= 11 is 1.73. The van der Waals surface area contributed by atoms with Crippen molar-refractivity contribution in [2.75, 3.05) is 0 Å². The van der Waals surface area contributed by atoms with Crippen molar-refractivity contribution >= 4 is 37.2 Å². The molecule has 22 heavy (non-hydrogen) atoms. The number of aryl methyl sites for hydroxylation is 1. The molecule has 0 radical (unpaired) electrons. The Morgan fingerprint density at radius 2 is 1.95 bits per heavy atom. The third-order valence-electron chi connectivity index (χ3n) is 3.80. The van der Waals surface area contributed by atoms with Crippen molar-refractivity contribution in [2.45, 2.75) is 6.92 Å². The first-order valence-corrected chi connectivity index (χ1v) is 7.84. The summed E-state index contributed by atoms with van der Waals surface area (Å²) < 4.78 is 2.39. The Morgan fingerprint density at radius 3 is 2.73 bits per heavy atom. The molecule has 0 aliphatic carbocycles. The molecule has 0 fully saturated rings. The van der Waals surface area contributed by atoms with E-state index in [4.69, 9.17) is 6.57 Å². The Kier molecular flexibility index (Phi) is 2.92. The van der Waals surface area contributed by atoms with Gasteiger partial charge in [-0.05, 0) is 30.0 Å².